The molecule has 0 bridgehead atoms. The summed E-state index contributed by atoms with van der Waals surface area (Å²) in [7, 11) is 0. The SMILES string of the molecule is Cc1ccc(-c2cc(I(Br)c3ccccc3)sc2C)cc1. The summed E-state index contributed by atoms with van der Waals surface area (Å²) < 4.78 is 2.97. The fourth-order valence-corrected chi connectivity index (χ4v) is 10.6. The monoisotopic (exact) mass is 470 g/mol. The molecule has 21 heavy (non-hydrogen) atoms. The fraction of sp³-hybridized carbons (Fsp3) is 0.111. The van der Waals surface area contributed by atoms with Crippen LogP contribution >= 0.6 is 41.6 Å². The third-order valence-corrected chi connectivity index (χ3v) is 14.7. The van der Waals surface area contributed by atoms with Crippen LogP contribution in [-0.2, 0) is 0 Å². The number of thiophene rings is 1. The molecule has 2 aromatic carbocycles. The molecule has 0 atom stereocenters. The summed E-state index contributed by atoms with van der Waals surface area (Å²) in [6.45, 7) is 4.36. The molecule has 1 aromatic heterocycles. The van der Waals surface area contributed by atoms with Gasteiger partial charge in [-0.2, -0.15) is 0 Å². The van der Waals surface area contributed by atoms with Gasteiger partial charge in [0.15, 0.2) is 0 Å². The predicted molar refractivity (Wildman–Crippen MR) is 106 cm³/mol. The van der Waals surface area contributed by atoms with Gasteiger partial charge in [-0.15, -0.1) is 0 Å². The molecule has 0 N–H and O–H groups in total. The maximum atomic E-state index is 3.99. The Kier molecular flexibility index (Phi) is 4.82. The molecule has 3 rings (SSSR count). The Bertz CT molecular complexity index is 732. The summed E-state index contributed by atoms with van der Waals surface area (Å²) in [5.74, 6) is 0. The Balaban J connectivity index is 1.96. The number of benzene rings is 2. The molecule has 108 valence electrons. The van der Waals surface area contributed by atoms with Gasteiger partial charge in [-0.25, -0.2) is 0 Å². The fourth-order valence-electron chi connectivity index (χ4n) is 2.18. The molecule has 1 heterocycles. The molecule has 3 heteroatoms. The molecule has 0 spiro atoms. The summed E-state index contributed by atoms with van der Waals surface area (Å²) in [5, 5.41) is 0. The average molecular weight is 471 g/mol. The van der Waals surface area contributed by atoms with Crippen molar-refractivity contribution < 1.29 is 0 Å². The first-order valence-electron chi connectivity index (χ1n) is 6.74. The van der Waals surface area contributed by atoms with Gasteiger partial charge in [0.25, 0.3) is 0 Å². The Morgan fingerprint density at radius 1 is 0.905 bits per heavy atom. The zero-order valence-electron chi connectivity index (χ0n) is 11.9. The summed E-state index contributed by atoms with van der Waals surface area (Å²) in [6.07, 6.45) is 0. The van der Waals surface area contributed by atoms with Gasteiger partial charge in [-0.1, -0.05) is 0 Å². The van der Waals surface area contributed by atoms with Gasteiger partial charge >= 0.3 is 144 Å². The molecular formula is C18H16BrIS. The molecule has 0 nitrogen and oxygen atoms in total. The van der Waals surface area contributed by atoms with E-state index in [-0.39, 0.29) is 0 Å². The van der Waals surface area contributed by atoms with Crippen LogP contribution < -0.4 is 0 Å². The van der Waals surface area contributed by atoms with Crippen molar-refractivity contribution in [2.75, 3.05) is 0 Å². The van der Waals surface area contributed by atoms with Gasteiger partial charge < -0.3 is 0 Å². The topological polar surface area (TPSA) is 0 Å². The van der Waals surface area contributed by atoms with Crippen LogP contribution in [0.25, 0.3) is 11.1 Å². The van der Waals surface area contributed by atoms with Crippen molar-refractivity contribution in [3.05, 3.63) is 77.6 Å². The number of aryl methyl sites for hydroxylation is 2. The van der Waals surface area contributed by atoms with E-state index in [1.54, 1.807) is 0 Å². The van der Waals surface area contributed by atoms with Crippen molar-refractivity contribution in [1.29, 1.82) is 0 Å². The second kappa shape index (κ2) is 6.63. The maximum absolute atomic E-state index is 3.99. The standard InChI is InChI=1S/C18H16BrIS/c1-13-8-10-15(11-9-13)17-12-18(21-14(17)2)20(19)16-6-4-3-5-7-16/h3-12H,1-2H3. The van der Waals surface area contributed by atoms with Crippen LogP contribution in [0, 0.1) is 20.3 Å². The van der Waals surface area contributed by atoms with E-state index < -0.39 is 17.6 Å². The molecular weight excluding hydrogens is 455 g/mol. The van der Waals surface area contributed by atoms with E-state index in [2.05, 4.69) is 87.2 Å². The zero-order valence-corrected chi connectivity index (χ0v) is 16.5. The van der Waals surface area contributed by atoms with Crippen LogP contribution in [0.4, 0.5) is 0 Å². The van der Waals surface area contributed by atoms with Crippen LogP contribution in [-0.4, -0.2) is 0 Å². The number of hydrogen-bond donors (Lipinski definition) is 0. The Morgan fingerprint density at radius 3 is 2.24 bits per heavy atom. The first-order valence-corrected chi connectivity index (χ1v) is 14.5. The van der Waals surface area contributed by atoms with Crippen molar-refractivity contribution in [1.82, 2.24) is 0 Å². The Labute approximate surface area is 143 Å². The molecule has 0 amide bonds. The first kappa shape index (κ1) is 15.3. The molecule has 0 fully saturated rings. The van der Waals surface area contributed by atoms with E-state index in [4.69, 9.17) is 0 Å². The van der Waals surface area contributed by atoms with E-state index >= 15 is 0 Å². The van der Waals surface area contributed by atoms with E-state index in [9.17, 15) is 0 Å². The third-order valence-electron chi connectivity index (χ3n) is 3.34. The van der Waals surface area contributed by atoms with E-state index in [0.717, 1.165) is 0 Å². The normalized spacial score (nSPS) is 11.5. The van der Waals surface area contributed by atoms with Gasteiger partial charge in [0, 0.05) is 0 Å². The van der Waals surface area contributed by atoms with Gasteiger partial charge in [0.05, 0.1) is 0 Å². The van der Waals surface area contributed by atoms with Crippen LogP contribution in [0.2, 0.25) is 0 Å². The Hall–Kier alpha value is -0.650. The molecule has 0 saturated carbocycles. The molecule has 0 aliphatic carbocycles. The first-order chi connectivity index (χ1) is 10.1. The quantitative estimate of drug-likeness (QED) is 0.365. The van der Waals surface area contributed by atoms with Crippen LogP contribution in [0.3, 0.4) is 0 Å². The van der Waals surface area contributed by atoms with Gasteiger partial charge in [-0.05, 0) is 0 Å². The molecule has 0 aliphatic rings. The summed E-state index contributed by atoms with van der Waals surface area (Å²) in [6, 6.07) is 22.0. The van der Waals surface area contributed by atoms with Crippen LogP contribution in [0.5, 0.6) is 0 Å². The molecule has 0 unspecified atom stereocenters. The van der Waals surface area contributed by atoms with E-state index in [0.29, 0.717) is 0 Å². The molecule has 0 saturated heterocycles. The molecule has 3 aromatic rings. The van der Waals surface area contributed by atoms with Crippen molar-refractivity contribution in [3.8, 4) is 11.1 Å². The number of rotatable bonds is 3. The second-order valence-corrected chi connectivity index (χ2v) is 14.7. The van der Waals surface area contributed by atoms with Gasteiger partial charge in [-0.3, -0.25) is 0 Å². The van der Waals surface area contributed by atoms with Gasteiger partial charge in [0.2, 0.25) is 0 Å². The second-order valence-electron chi connectivity index (χ2n) is 4.92. The number of halogens is 2. The summed E-state index contributed by atoms with van der Waals surface area (Å²) in [4.78, 5) is 1.41. The van der Waals surface area contributed by atoms with Gasteiger partial charge in [0.1, 0.15) is 0 Å². The van der Waals surface area contributed by atoms with Crippen molar-refractivity contribution >= 4 is 41.6 Å². The minimum atomic E-state index is -1.42. The molecule has 0 radical (unpaired) electrons. The summed E-state index contributed by atoms with van der Waals surface area (Å²) in [5.41, 5.74) is 4.02. The molecule has 0 aliphatic heterocycles. The van der Waals surface area contributed by atoms with Crippen molar-refractivity contribution in [2.45, 2.75) is 13.8 Å². The number of hydrogen-bond acceptors (Lipinski definition) is 1. The predicted octanol–water partition coefficient (Wildman–Crippen LogP) is 6.89. The Morgan fingerprint density at radius 2 is 1.57 bits per heavy atom. The van der Waals surface area contributed by atoms with Crippen LogP contribution in [0.1, 0.15) is 10.4 Å². The average Bonchev–Trinajstić information content (AvgIpc) is 2.90. The van der Waals surface area contributed by atoms with E-state index in [1.807, 2.05) is 11.3 Å². The third kappa shape index (κ3) is 3.41. The zero-order chi connectivity index (χ0) is 14.8. The minimum absolute atomic E-state index is 1.31. The van der Waals surface area contributed by atoms with E-state index in [1.165, 1.54) is 28.0 Å². The van der Waals surface area contributed by atoms with Crippen molar-refractivity contribution in [3.63, 3.8) is 0 Å². The van der Waals surface area contributed by atoms with Crippen molar-refractivity contribution in [2.24, 2.45) is 0 Å². The summed E-state index contributed by atoms with van der Waals surface area (Å²) >= 11 is 4.51. The van der Waals surface area contributed by atoms with Crippen LogP contribution in [0.15, 0.2) is 60.7 Å².